The van der Waals surface area contributed by atoms with Crippen molar-refractivity contribution in [2.75, 3.05) is 19.6 Å². The minimum atomic E-state index is -1.05. The van der Waals surface area contributed by atoms with Crippen LogP contribution in [0, 0.1) is 0 Å². The molecule has 12 heteroatoms. The number of rotatable bonds is 4. The second kappa shape index (κ2) is 13.5. The smallest absolute Gasteiger partial charge is 0.251 e. The lowest BCUT2D eigenvalue weighted by Crippen LogP contribution is -2.53. The first-order valence-corrected chi connectivity index (χ1v) is 12.3. The molecule has 2 bridgehead atoms. The monoisotopic (exact) mass is 531 g/mol. The number of nitrogens with one attached hydrogen (secondary N) is 4. The second-order valence-electron chi connectivity index (χ2n) is 8.86. The highest BCUT2D eigenvalue weighted by Crippen LogP contribution is 2.27. The van der Waals surface area contributed by atoms with Crippen molar-refractivity contribution in [1.29, 1.82) is 0 Å². The Labute approximate surface area is 224 Å². The third-order valence-electron chi connectivity index (χ3n) is 5.97. The van der Waals surface area contributed by atoms with Crippen LogP contribution in [0.5, 0.6) is 0 Å². The van der Waals surface area contributed by atoms with Gasteiger partial charge < -0.3 is 21.3 Å². The van der Waals surface area contributed by atoms with Gasteiger partial charge in [0.05, 0.1) is 0 Å². The first kappa shape index (κ1) is 28.6. The van der Waals surface area contributed by atoms with Crippen LogP contribution in [0.3, 0.4) is 0 Å². The number of azide groups is 1. The largest absolute Gasteiger partial charge is 0.353 e. The molecule has 39 heavy (non-hydrogen) atoms. The lowest BCUT2D eigenvalue weighted by molar-refractivity contribution is -0.131. The standard InChI is InChI=1S/C27H29N7O5/c1-16-25(37)29-12-13-30-26(38)21-8-7-19(17(2)35)15-22(21)20-5-3-4-18(14-20)6-9-24(36)33-23(27(39)32-16)10-11-31-34-28/h3-9,14-16,23H,10-13H2,1-2H3,(H,29,37)(H,30,38)(H,32,39)(H,33,36)/b9-6+/t16-,23-/m0/s1. The Balaban J connectivity index is 1.99. The van der Waals surface area contributed by atoms with Crippen molar-refractivity contribution in [2.45, 2.75) is 32.4 Å². The van der Waals surface area contributed by atoms with E-state index >= 15 is 0 Å². The molecule has 2 aromatic carbocycles. The Kier molecular flexibility index (Phi) is 9.94. The minimum absolute atomic E-state index is 0.0284. The predicted octanol–water partition coefficient (Wildman–Crippen LogP) is 2.12. The van der Waals surface area contributed by atoms with Crippen LogP contribution < -0.4 is 21.3 Å². The molecule has 202 valence electrons. The summed E-state index contributed by atoms with van der Waals surface area (Å²) in [6, 6.07) is 9.88. The van der Waals surface area contributed by atoms with E-state index in [9.17, 15) is 24.0 Å². The molecule has 12 nitrogen and oxygen atoms in total. The molecule has 1 aliphatic rings. The van der Waals surface area contributed by atoms with Crippen molar-refractivity contribution < 1.29 is 24.0 Å². The third kappa shape index (κ3) is 8.01. The normalized spacial score (nSPS) is 19.3. The Morgan fingerprint density at radius 1 is 0.974 bits per heavy atom. The summed E-state index contributed by atoms with van der Waals surface area (Å²) in [5, 5.41) is 13.9. The van der Waals surface area contributed by atoms with Crippen molar-refractivity contribution in [3.05, 3.63) is 75.7 Å². The number of fused-ring (bicyclic) bond motifs is 4. The lowest BCUT2D eigenvalue weighted by Gasteiger charge is -2.20. The van der Waals surface area contributed by atoms with Crippen molar-refractivity contribution in [1.82, 2.24) is 21.3 Å². The van der Waals surface area contributed by atoms with Gasteiger partial charge in [-0.25, -0.2) is 0 Å². The molecule has 0 saturated carbocycles. The van der Waals surface area contributed by atoms with Gasteiger partial charge in [0.25, 0.3) is 5.91 Å². The molecule has 0 radical (unpaired) electrons. The van der Waals surface area contributed by atoms with E-state index in [1.54, 1.807) is 48.5 Å². The fraction of sp³-hybridized carbons (Fsp3) is 0.296. The molecular weight excluding hydrogens is 502 g/mol. The number of ketones is 1. The fourth-order valence-corrected chi connectivity index (χ4v) is 3.89. The molecule has 3 rings (SSSR count). The number of carbonyl (C=O) groups is 5. The Morgan fingerprint density at radius 3 is 2.49 bits per heavy atom. The summed E-state index contributed by atoms with van der Waals surface area (Å²) in [5.74, 6) is -2.22. The molecular formula is C27H29N7O5. The summed E-state index contributed by atoms with van der Waals surface area (Å²) in [4.78, 5) is 65.7. The molecule has 2 aromatic rings. The van der Waals surface area contributed by atoms with E-state index in [0.717, 1.165) is 0 Å². The molecule has 4 N–H and O–H groups in total. The van der Waals surface area contributed by atoms with E-state index in [0.29, 0.717) is 27.8 Å². The molecule has 2 atom stereocenters. The SMILES string of the molecule is CC(=O)c1ccc2c(c1)-c1cccc(c1)/C=C/C(=O)N[C@@H](CCN=[N+]=[N-])C(=O)N[C@@H](C)C(=O)NCCNC2=O. The van der Waals surface area contributed by atoms with Gasteiger partial charge in [-0.15, -0.1) is 0 Å². The van der Waals surface area contributed by atoms with Gasteiger partial charge in [-0.2, -0.15) is 0 Å². The predicted molar refractivity (Wildman–Crippen MR) is 144 cm³/mol. The maximum absolute atomic E-state index is 13.0. The number of benzene rings is 2. The van der Waals surface area contributed by atoms with E-state index in [4.69, 9.17) is 5.53 Å². The van der Waals surface area contributed by atoms with Crippen LogP contribution in [0.2, 0.25) is 0 Å². The topological polar surface area (TPSA) is 182 Å². The molecule has 0 unspecified atom stereocenters. The number of hydrogen-bond donors (Lipinski definition) is 4. The zero-order valence-electron chi connectivity index (χ0n) is 21.6. The van der Waals surface area contributed by atoms with E-state index in [1.807, 2.05) is 0 Å². The van der Waals surface area contributed by atoms with Crippen molar-refractivity contribution in [2.24, 2.45) is 5.11 Å². The number of hydrogen-bond acceptors (Lipinski definition) is 6. The van der Waals surface area contributed by atoms with Crippen LogP contribution in [-0.2, 0) is 14.4 Å². The minimum Gasteiger partial charge on any atom is -0.353 e. The van der Waals surface area contributed by atoms with Crippen LogP contribution in [0.1, 0.15) is 46.5 Å². The van der Waals surface area contributed by atoms with Gasteiger partial charge in [0.1, 0.15) is 12.1 Å². The zero-order chi connectivity index (χ0) is 28.4. The van der Waals surface area contributed by atoms with Crippen molar-refractivity contribution >= 4 is 35.5 Å². The van der Waals surface area contributed by atoms with Gasteiger partial charge in [0.2, 0.25) is 17.7 Å². The van der Waals surface area contributed by atoms with Crippen LogP contribution in [0.25, 0.3) is 27.6 Å². The van der Waals surface area contributed by atoms with Crippen LogP contribution in [0.4, 0.5) is 0 Å². The summed E-state index contributed by atoms with van der Waals surface area (Å²) < 4.78 is 0. The molecule has 1 aliphatic heterocycles. The second-order valence-corrected chi connectivity index (χ2v) is 8.86. The van der Waals surface area contributed by atoms with Crippen molar-refractivity contribution in [3.8, 4) is 11.1 Å². The molecule has 0 aliphatic carbocycles. The fourth-order valence-electron chi connectivity index (χ4n) is 3.89. The molecule has 0 aromatic heterocycles. The first-order chi connectivity index (χ1) is 18.7. The molecule has 0 spiro atoms. The Morgan fingerprint density at radius 2 is 1.74 bits per heavy atom. The Bertz CT molecular complexity index is 1360. The highest BCUT2D eigenvalue weighted by molar-refractivity contribution is 6.04. The number of nitrogens with zero attached hydrogens (tertiary/aromatic N) is 3. The summed E-state index contributed by atoms with van der Waals surface area (Å²) in [6.45, 7) is 3.10. The van der Waals surface area contributed by atoms with E-state index in [2.05, 4.69) is 31.3 Å². The average Bonchev–Trinajstić information content (AvgIpc) is 2.92. The van der Waals surface area contributed by atoms with Gasteiger partial charge in [-0.1, -0.05) is 29.4 Å². The van der Waals surface area contributed by atoms with Gasteiger partial charge in [-0.3, -0.25) is 24.0 Å². The summed E-state index contributed by atoms with van der Waals surface area (Å²) in [6.07, 6.45) is 2.82. The number of carbonyl (C=O) groups excluding carboxylic acids is 5. The highest BCUT2D eigenvalue weighted by Gasteiger charge is 2.24. The van der Waals surface area contributed by atoms with E-state index in [1.165, 1.54) is 19.9 Å². The molecule has 4 amide bonds. The van der Waals surface area contributed by atoms with E-state index < -0.39 is 35.7 Å². The first-order valence-electron chi connectivity index (χ1n) is 12.3. The number of Topliss-reactive ketones (excluding diaryl/α,β-unsaturated/α-hetero) is 1. The summed E-state index contributed by atoms with van der Waals surface area (Å²) in [5.41, 5.74) is 11.2. The van der Waals surface area contributed by atoms with Gasteiger partial charge in [-0.05, 0) is 66.8 Å². The van der Waals surface area contributed by atoms with Gasteiger partial charge in [0, 0.05) is 41.7 Å². The summed E-state index contributed by atoms with van der Waals surface area (Å²) in [7, 11) is 0. The maximum atomic E-state index is 13.0. The quantitative estimate of drug-likeness (QED) is 0.204. The highest BCUT2D eigenvalue weighted by atomic mass is 16.2. The lowest BCUT2D eigenvalue weighted by atomic mass is 9.94. The third-order valence-corrected chi connectivity index (χ3v) is 5.97. The molecule has 1 heterocycles. The van der Waals surface area contributed by atoms with Crippen LogP contribution in [0.15, 0.2) is 53.7 Å². The van der Waals surface area contributed by atoms with Crippen molar-refractivity contribution in [3.63, 3.8) is 0 Å². The maximum Gasteiger partial charge on any atom is 0.251 e. The average molecular weight is 532 g/mol. The van der Waals surface area contributed by atoms with Crippen LogP contribution >= 0.6 is 0 Å². The molecule has 0 saturated heterocycles. The van der Waals surface area contributed by atoms with Crippen LogP contribution in [-0.4, -0.2) is 61.1 Å². The molecule has 0 fully saturated rings. The Hall–Kier alpha value is -4.96. The van der Waals surface area contributed by atoms with Gasteiger partial charge >= 0.3 is 0 Å². The van der Waals surface area contributed by atoms with Gasteiger partial charge in [0.15, 0.2) is 5.78 Å². The zero-order valence-corrected chi connectivity index (χ0v) is 21.6. The van der Waals surface area contributed by atoms with E-state index in [-0.39, 0.29) is 31.8 Å². The summed E-state index contributed by atoms with van der Waals surface area (Å²) >= 11 is 0. The number of amides is 4.